The van der Waals surface area contributed by atoms with Gasteiger partial charge < -0.3 is 16.4 Å². The van der Waals surface area contributed by atoms with Gasteiger partial charge in [-0.3, -0.25) is 4.79 Å². The number of carbonyl (C=O) groups is 1. The molecule has 0 saturated heterocycles. The van der Waals surface area contributed by atoms with E-state index in [2.05, 4.69) is 19.2 Å². The molecule has 0 spiro atoms. The number of ketones is 1. The van der Waals surface area contributed by atoms with Crippen LogP contribution in [0.25, 0.3) is 0 Å². The fraction of sp³-hybridized carbons (Fsp3) is 0.353. The summed E-state index contributed by atoms with van der Waals surface area (Å²) >= 11 is 0. The molecule has 2 aliphatic rings. The van der Waals surface area contributed by atoms with Crippen LogP contribution < -0.4 is 11.5 Å². The van der Waals surface area contributed by atoms with E-state index in [-0.39, 0.29) is 5.78 Å². The highest BCUT2D eigenvalue weighted by Gasteiger charge is 2.34. The molecule has 2 rings (SSSR count). The summed E-state index contributed by atoms with van der Waals surface area (Å²) in [6.45, 7) is 8.94. The van der Waals surface area contributed by atoms with E-state index in [1.165, 1.54) is 0 Å². The molecule has 4 N–H and O–H groups in total. The Morgan fingerprint density at radius 1 is 1.24 bits per heavy atom. The summed E-state index contributed by atoms with van der Waals surface area (Å²) in [5.74, 6) is -0.0817. The van der Waals surface area contributed by atoms with Gasteiger partial charge in [0.1, 0.15) is 5.70 Å². The first-order valence-corrected chi connectivity index (χ1v) is 7.33. The minimum absolute atomic E-state index is 0.0817. The number of hydrogen-bond acceptors (Lipinski definition) is 4. The van der Waals surface area contributed by atoms with Gasteiger partial charge in [0.05, 0.1) is 5.70 Å². The third kappa shape index (κ3) is 3.16. The van der Waals surface area contributed by atoms with Crippen LogP contribution in [-0.2, 0) is 4.79 Å². The van der Waals surface area contributed by atoms with Gasteiger partial charge in [-0.05, 0) is 30.9 Å². The number of hydrogen-bond donors (Lipinski definition) is 2. The lowest BCUT2D eigenvalue weighted by atomic mass is 9.92. The highest BCUT2D eigenvalue weighted by molar-refractivity contribution is 6.18. The van der Waals surface area contributed by atoms with Crippen LogP contribution in [0, 0.1) is 0 Å². The van der Waals surface area contributed by atoms with Crippen LogP contribution in [0.3, 0.4) is 0 Å². The van der Waals surface area contributed by atoms with Crippen LogP contribution >= 0.6 is 0 Å². The molecule has 0 aromatic carbocycles. The first-order valence-electron chi connectivity index (χ1n) is 7.33. The minimum atomic E-state index is -0.0817. The third-order valence-electron chi connectivity index (χ3n) is 3.86. The smallest absolute Gasteiger partial charge is 0.213 e. The lowest BCUT2D eigenvalue weighted by Gasteiger charge is -2.34. The molecule has 0 fully saturated rings. The van der Waals surface area contributed by atoms with Crippen molar-refractivity contribution in [1.29, 1.82) is 0 Å². The molecule has 0 amide bonds. The number of allylic oxidation sites excluding steroid dienone is 4. The van der Waals surface area contributed by atoms with Crippen molar-refractivity contribution in [2.75, 3.05) is 13.1 Å². The molecule has 0 saturated carbocycles. The summed E-state index contributed by atoms with van der Waals surface area (Å²) in [4.78, 5) is 13.9. The van der Waals surface area contributed by atoms with Crippen LogP contribution in [-0.4, -0.2) is 23.8 Å². The molecule has 112 valence electrons. The molecule has 0 atom stereocenters. The largest absolute Gasteiger partial charge is 0.396 e. The first kappa shape index (κ1) is 15.3. The van der Waals surface area contributed by atoms with Gasteiger partial charge in [-0.1, -0.05) is 31.7 Å². The predicted octanol–water partition coefficient (Wildman–Crippen LogP) is 2.13. The van der Waals surface area contributed by atoms with Crippen LogP contribution in [0.15, 0.2) is 59.6 Å². The monoisotopic (exact) mass is 285 g/mol. The lowest BCUT2D eigenvalue weighted by Crippen LogP contribution is -2.38. The Labute approximate surface area is 126 Å². The Balaban J connectivity index is 2.32. The zero-order valence-electron chi connectivity index (χ0n) is 12.4. The van der Waals surface area contributed by atoms with Gasteiger partial charge in [0, 0.05) is 24.4 Å². The van der Waals surface area contributed by atoms with Crippen LogP contribution in [0.1, 0.15) is 25.7 Å². The second kappa shape index (κ2) is 6.59. The molecule has 0 aromatic rings. The van der Waals surface area contributed by atoms with E-state index in [0.29, 0.717) is 23.5 Å². The average Bonchev–Trinajstić information content (AvgIpc) is 2.53. The maximum absolute atomic E-state index is 12.0. The van der Waals surface area contributed by atoms with Gasteiger partial charge in [0.25, 0.3) is 0 Å². The van der Waals surface area contributed by atoms with Crippen molar-refractivity contribution >= 4 is 5.78 Å². The summed E-state index contributed by atoms with van der Waals surface area (Å²) < 4.78 is 0. The van der Waals surface area contributed by atoms with Crippen molar-refractivity contribution in [3.63, 3.8) is 0 Å². The molecule has 0 bridgehead atoms. The lowest BCUT2D eigenvalue weighted by molar-refractivity contribution is -0.114. The number of rotatable bonds is 2. The quantitative estimate of drug-likeness (QED) is 0.762. The molecular formula is C17H23N3O. The van der Waals surface area contributed by atoms with Gasteiger partial charge in [-0.25, -0.2) is 0 Å². The van der Waals surface area contributed by atoms with Crippen molar-refractivity contribution < 1.29 is 4.79 Å². The van der Waals surface area contributed by atoms with Crippen molar-refractivity contribution in [3.8, 4) is 0 Å². The Kier molecular flexibility index (Phi) is 4.81. The molecular weight excluding hydrogens is 262 g/mol. The standard InChI is InChI=1S/C17H23N3O/c1-12-10-14(11-18)8-6-4-3-5-7-9-20(12)16-15(19)13(2)17(16)21/h6,8,10H,1-5,7,9,11,18-19H2/b8-6-,14-10+. The molecule has 1 aliphatic carbocycles. The summed E-state index contributed by atoms with van der Waals surface area (Å²) in [7, 11) is 0. The summed E-state index contributed by atoms with van der Waals surface area (Å²) in [5.41, 5.74) is 14.8. The van der Waals surface area contributed by atoms with Crippen LogP contribution in [0.4, 0.5) is 0 Å². The number of nitrogens with two attached hydrogens (primary N) is 2. The van der Waals surface area contributed by atoms with E-state index in [1.807, 2.05) is 17.1 Å². The van der Waals surface area contributed by atoms with Gasteiger partial charge in [-0.15, -0.1) is 0 Å². The molecule has 0 unspecified atom stereocenters. The molecule has 0 aromatic heterocycles. The second-order valence-electron chi connectivity index (χ2n) is 5.39. The Hall–Kier alpha value is -2.07. The second-order valence-corrected chi connectivity index (χ2v) is 5.39. The number of nitrogens with zero attached hydrogens (tertiary/aromatic N) is 1. The first-order chi connectivity index (χ1) is 10.1. The van der Waals surface area contributed by atoms with Gasteiger partial charge >= 0.3 is 0 Å². The number of Topliss-reactive ketones (excluding diaryl/α,β-unsaturated/α-hetero) is 1. The molecule has 1 heterocycles. The molecule has 1 aliphatic heterocycles. The molecule has 4 heteroatoms. The summed E-state index contributed by atoms with van der Waals surface area (Å²) in [6.07, 6.45) is 10.4. The summed E-state index contributed by atoms with van der Waals surface area (Å²) in [6, 6.07) is 0. The van der Waals surface area contributed by atoms with E-state index in [9.17, 15) is 4.79 Å². The van der Waals surface area contributed by atoms with Gasteiger partial charge in [0.15, 0.2) is 0 Å². The molecule has 21 heavy (non-hydrogen) atoms. The van der Waals surface area contributed by atoms with E-state index in [0.717, 1.165) is 43.5 Å². The van der Waals surface area contributed by atoms with E-state index < -0.39 is 0 Å². The topological polar surface area (TPSA) is 72.3 Å². The minimum Gasteiger partial charge on any atom is -0.396 e. The zero-order chi connectivity index (χ0) is 15.4. The zero-order valence-corrected chi connectivity index (χ0v) is 12.4. The normalized spacial score (nSPS) is 25.1. The van der Waals surface area contributed by atoms with Crippen LogP contribution in [0.2, 0.25) is 0 Å². The van der Waals surface area contributed by atoms with E-state index in [1.54, 1.807) is 0 Å². The van der Waals surface area contributed by atoms with Crippen molar-refractivity contribution in [2.45, 2.75) is 25.7 Å². The SMILES string of the molecule is C=C1C(=O)C(N2CCCCC/C=C\C(CN)=C/C2=C)=C1N. The summed E-state index contributed by atoms with van der Waals surface area (Å²) in [5, 5.41) is 0. The fourth-order valence-electron chi connectivity index (χ4n) is 2.55. The average molecular weight is 285 g/mol. The Morgan fingerprint density at radius 3 is 2.67 bits per heavy atom. The molecule has 4 nitrogen and oxygen atoms in total. The van der Waals surface area contributed by atoms with Crippen LogP contribution in [0.5, 0.6) is 0 Å². The third-order valence-corrected chi connectivity index (χ3v) is 3.86. The number of carbonyl (C=O) groups excluding carboxylic acids is 1. The Morgan fingerprint density at radius 2 is 2.00 bits per heavy atom. The van der Waals surface area contributed by atoms with Gasteiger partial charge in [0.2, 0.25) is 5.78 Å². The van der Waals surface area contributed by atoms with E-state index >= 15 is 0 Å². The maximum atomic E-state index is 12.0. The highest BCUT2D eigenvalue weighted by atomic mass is 16.1. The molecule has 0 radical (unpaired) electrons. The maximum Gasteiger partial charge on any atom is 0.213 e. The van der Waals surface area contributed by atoms with Crippen molar-refractivity contribution in [1.82, 2.24) is 4.90 Å². The van der Waals surface area contributed by atoms with Crippen molar-refractivity contribution in [2.24, 2.45) is 11.5 Å². The Bertz CT molecular complexity index is 567. The van der Waals surface area contributed by atoms with Crippen molar-refractivity contribution in [3.05, 3.63) is 59.6 Å². The van der Waals surface area contributed by atoms with Gasteiger partial charge in [-0.2, -0.15) is 0 Å². The highest BCUT2D eigenvalue weighted by Crippen LogP contribution is 2.31. The van der Waals surface area contributed by atoms with E-state index in [4.69, 9.17) is 11.5 Å². The fourth-order valence-corrected chi connectivity index (χ4v) is 2.55. The predicted molar refractivity (Wildman–Crippen MR) is 86.0 cm³/mol.